The molecule has 2 aliphatic rings. The standard InChI is InChI=1S/C16H19N5OS.ClH/c1-9-15(23-10(2)19-9)12-8-18-21-13(12)7-14(22)20-16(21)11-3-5-17-6-4-11;/h8,11,17H,3-7H2,1-2H3;1H. The van der Waals surface area contributed by atoms with Crippen molar-refractivity contribution in [2.24, 2.45) is 10.9 Å². The van der Waals surface area contributed by atoms with Gasteiger partial charge in [-0.2, -0.15) is 10.1 Å². The number of hydrogen-bond donors (Lipinski definition) is 1. The lowest BCUT2D eigenvalue weighted by Crippen LogP contribution is -2.38. The van der Waals surface area contributed by atoms with Gasteiger partial charge in [-0.05, 0) is 39.8 Å². The smallest absolute Gasteiger partial charge is 0.253 e. The normalized spacial score (nSPS) is 18.1. The number of fused-ring (bicyclic) bond motifs is 1. The summed E-state index contributed by atoms with van der Waals surface area (Å²) in [7, 11) is 0. The number of nitrogens with one attached hydrogen (secondary N) is 1. The van der Waals surface area contributed by atoms with Gasteiger partial charge in [-0.25, -0.2) is 9.67 Å². The van der Waals surface area contributed by atoms with E-state index in [0.29, 0.717) is 12.3 Å². The summed E-state index contributed by atoms with van der Waals surface area (Å²) >= 11 is 1.66. The number of aryl methyl sites for hydroxylation is 2. The molecule has 0 spiro atoms. The van der Waals surface area contributed by atoms with Crippen molar-refractivity contribution >= 4 is 35.5 Å². The monoisotopic (exact) mass is 365 g/mol. The van der Waals surface area contributed by atoms with Gasteiger partial charge in [0.2, 0.25) is 0 Å². The molecule has 128 valence electrons. The summed E-state index contributed by atoms with van der Waals surface area (Å²) in [6.07, 6.45) is 4.18. The van der Waals surface area contributed by atoms with Crippen LogP contribution in [0.4, 0.5) is 0 Å². The van der Waals surface area contributed by atoms with Gasteiger partial charge in [0, 0.05) is 11.5 Å². The molecule has 0 atom stereocenters. The largest absolute Gasteiger partial charge is 0.317 e. The fraction of sp³-hybridized carbons (Fsp3) is 0.500. The van der Waals surface area contributed by atoms with Crippen LogP contribution in [0.25, 0.3) is 10.4 Å². The predicted molar refractivity (Wildman–Crippen MR) is 97.2 cm³/mol. The van der Waals surface area contributed by atoms with E-state index < -0.39 is 0 Å². The van der Waals surface area contributed by atoms with E-state index in [1.54, 1.807) is 11.3 Å². The van der Waals surface area contributed by atoms with Crippen LogP contribution < -0.4 is 5.32 Å². The fourth-order valence-electron chi connectivity index (χ4n) is 3.41. The van der Waals surface area contributed by atoms with Crippen molar-refractivity contribution in [2.45, 2.75) is 33.1 Å². The molecule has 0 bridgehead atoms. The molecule has 0 saturated carbocycles. The summed E-state index contributed by atoms with van der Waals surface area (Å²) < 4.78 is 1.90. The van der Waals surface area contributed by atoms with Crippen LogP contribution in [0.1, 0.15) is 29.2 Å². The van der Waals surface area contributed by atoms with Gasteiger partial charge in [-0.1, -0.05) is 0 Å². The molecule has 0 aromatic carbocycles. The highest BCUT2D eigenvalue weighted by Gasteiger charge is 2.30. The van der Waals surface area contributed by atoms with Crippen molar-refractivity contribution < 1.29 is 4.79 Å². The first kappa shape index (κ1) is 17.3. The van der Waals surface area contributed by atoms with E-state index in [0.717, 1.165) is 58.6 Å². The molecule has 1 saturated heterocycles. The van der Waals surface area contributed by atoms with Gasteiger partial charge in [0.1, 0.15) is 5.84 Å². The van der Waals surface area contributed by atoms with Crippen LogP contribution in [-0.2, 0) is 11.2 Å². The zero-order chi connectivity index (χ0) is 16.0. The summed E-state index contributed by atoms with van der Waals surface area (Å²) in [5.74, 6) is 1.06. The van der Waals surface area contributed by atoms with Crippen molar-refractivity contribution in [1.82, 2.24) is 20.1 Å². The lowest BCUT2D eigenvalue weighted by Gasteiger charge is -2.26. The molecule has 2 aromatic heterocycles. The van der Waals surface area contributed by atoms with Crippen LogP contribution in [0.3, 0.4) is 0 Å². The van der Waals surface area contributed by atoms with E-state index >= 15 is 0 Å². The second-order valence-electron chi connectivity index (χ2n) is 6.13. The molecular weight excluding hydrogens is 346 g/mol. The van der Waals surface area contributed by atoms with Crippen molar-refractivity contribution in [1.29, 1.82) is 0 Å². The number of rotatable bonds is 2. The molecule has 0 radical (unpaired) electrons. The summed E-state index contributed by atoms with van der Waals surface area (Å²) in [5.41, 5.74) is 3.00. The van der Waals surface area contributed by atoms with Gasteiger partial charge >= 0.3 is 0 Å². The third kappa shape index (κ3) is 2.92. The summed E-state index contributed by atoms with van der Waals surface area (Å²) in [6.45, 7) is 5.95. The maximum Gasteiger partial charge on any atom is 0.253 e. The minimum Gasteiger partial charge on any atom is -0.317 e. The van der Waals surface area contributed by atoms with Crippen LogP contribution in [0.5, 0.6) is 0 Å². The number of piperidine rings is 1. The molecule has 2 aromatic rings. The minimum atomic E-state index is -0.0633. The van der Waals surface area contributed by atoms with Gasteiger partial charge in [0.15, 0.2) is 0 Å². The van der Waals surface area contributed by atoms with Crippen molar-refractivity contribution in [2.75, 3.05) is 13.1 Å². The number of hydrogen-bond acceptors (Lipinski definition) is 5. The van der Waals surface area contributed by atoms with Gasteiger partial charge in [-0.15, -0.1) is 23.7 Å². The number of nitrogens with zero attached hydrogens (tertiary/aromatic N) is 4. The molecule has 0 unspecified atom stereocenters. The number of aliphatic imine (C=N–C) groups is 1. The zero-order valence-electron chi connectivity index (χ0n) is 13.7. The molecule has 2 aliphatic heterocycles. The Labute approximate surface area is 150 Å². The van der Waals surface area contributed by atoms with E-state index in [-0.39, 0.29) is 18.3 Å². The molecule has 0 aliphatic carbocycles. The van der Waals surface area contributed by atoms with E-state index in [1.165, 1.54) is 0 Å². The maximum absolute atomic E-state index is 12.2. The van der Waals surface area contributed by atoms with Crippen molar-refractivity contribution in [3.05, 3.63) is 22.6 Å². The molecule has 24 heavy (non-hydrogen) atoms. The summed E-state index contributed by atoms with van der Waals surface area (Å²) in [5, 5.41) is 8.95. The highest BCUT2D eigenvalue weighted by atomic mass is 35.5. The van der Waals surface area contributed by atoms with Crippen molar-refractivity contribution in [3.8, 4) is 10.4 Å². The SMILES string of the molecule is Cc1nc(C)c(-c2cnn3c2CC(=O)N=C3C2CCNCC2)s1.Cl. The van der Waals surface area contributed by atoms with Gasteiger partial charge in [-0.3, -0.25) is 4.79 Å². The molecular formula is C16H20ClN5OS. The number of carbonyl (C=O) groups is 1. The van der Waals surface area contributed by atoms with Gasteiger partial charge in [0.25, 0.3) is 5.91 Å². The van der Waals surface area contributed by atoms with Crippen molar-refractivity contribution in [3.63, 3.8) is 0 Å². The lowest BCUT2D eigenvalue weighted by molar-refractivity contribution is -0.117. The Morgan fingerprint density at radius 1 is 1.29 bits per heavy atom. The second-order valence-corrected chi connectivity index (χ2v) is 7.33. The van der Waals surface area contributed by atoms with E-state index in [9.17, 15) is 4.79 Å². The topological polar surface area (TPSA) is 72.2 Å². The number of thiazole rings is 1. The zero-order valence-corrected chi connectivity index (χ0v) is 15.3. The predicted octanol–water partition coefficient (Wildman–Crippen LogP) is 2.37. The Balaban J connectivity index is 0.00000169. The molecule has 4 heterocycles. The first-order valence-corrected chi connectivity index (χ1v) is 8.79. The quantitative estimate of drug-likeness (QED) is 0.886. The molecule has 1 fully saturated rings. The number of halogens is 1. The van der Waals surface area contributed by atoms with E-state index in [2.05, 4.69) is 20.4 Å². The highest BCUT2D eigenvalue weighted by Crippen LogP contribution is 2.34. The third-order valence-electron chi connectivity index (χ3n) is 4.50. The van der Waals surface area contributed by atoms with E-state index in [4.69, 9.17) is 0 Å². The Bertz CT molecular complexity index is 803. The van der Waals surface area contributed by atoms with Crippen LogP contribution in [0.2, 0.25) is 0 Å². The average Bonchev–Trinajstić information content (AvgIpc) is 3.10. The fourth-order valence-corrected chi connectivity index (χ4v) is 4.37. The Morgan fingerprint density at radius 2 is 2.04 bits per heavy atom. The summed E-state index contributed by atoms with van der Waals surface area (Å²) in [6, 6.07) is 0. The Morgan fingerprint density at radius 3 is 2.71 bits per heavy atom. The lowest BCUT2D eigenvalue weighted by atomic mass is 9.95. The molecule has 1 amide bonds. The van der Waals surface area contributed by atoms with Crippen LogP contribution in [-0.4, -0.2) is 39.6 Å². The highest BCUT2D eigenvalue weighted by molar-refractivity contribution is 7.15. The Hall–Kier alpha value is -1.57. The van der Waals surface area contributed by atoms with Gasteiger partial charge < -0.3 is 5.32 Å². The van der Waals surface area contributed by atoms with Crippen LogP contribution >= 0.6 is 23.7 Å². The second kappa shape index (κ2) is 6.74. The number of amides is 1. The molecule has 8 heteroatoms. The minimum absolute atomic E-state index is 0. The third-order valence-corrected chi connectivity index (χ3v) is 5.60. The maximum atomic E-state index is 12.2. The van der Waals surface area contributed by atoms with Crippen LogP contribution in [0.15, 0.2) is 11.2 Å². The number of carbonyl (C=O) groups excluding carboxylic acids is 1. The summed E-state index contributed by atoms with van der Waals surface area (Å²) in [4.78, 5) is 22.1. The molecule has 6 nitrogen and oxygen atoms in total. The number of aromatic nitrogens is 3. The first-order chi connectivity index (χ1) is 11.1. The Kier molecular flexibility index (Phi) is 4.85. The van der Waals surface area contributed by atoms with E-state index in [1.807, 2.05) is 24.7 Å². The molecule has 1 N–H and O–H groups in total. The first-order valence-electron chi connectivity index (χ1n) is 7.97. The average molecular weight is 366 g/mol. The molecule has 4 rings (SSSR count). The van der Waals surface area contributed by atoms with Gasteiger partial charge in [0.05, 0.1) is 33.9 Å². The van der Waals surface area contributed by atoms with Crippen LogP contribution in [0, 0.1) is 19.8 Å².